The van der Waals surface area contributed by atoms with Crippen molar-refractivity contribution in [2.24, 2.45) is 34.5 Å². The molecule has 4 saturated carbocycles. The predicted octanol–water partition coefficient (Wildman–Crippen LogP) is 7.33. The number of hydrogen-bond acceptors (Lipinski definition) is 1. The molecule has 6 rings (SSSR count). The van der Waals surface area contributed by atoms with Gasteiger partial charge in [0.2, 0.25) is 0 Å². The van der Waals surface area contributed by atoms with Gasteiger partial charge in [-0.1, -0.05) is 56.3 Å². The minimum Gasteiger partial charge on any atom is -0.393 e. The first-order chi connectivity index (χ1) is 14.5. The Morgan fingerprint density at radius 2 is 1.53 bits per heavy atom. The summed E-state index contributed by atoms with van der Waals surface area (Å²) in [6, 6.07) is 16.1. The number of aliphatic hydroxyl groups excluding tert-OH is 1. The van der Waals surface area contributed by atoms with Crippen molar-refractivity contribution in [3.63, 3.8) is 0 Å². The largest absolute Gasteiger partial charge is 0.393 e. The molecular formula is C29H38O. The number of benzene rings is 2. The van der Waals surface area contributed by atoms with Gasteiger partial charge in [-0.05, 0) is 115 Å². The van der Waals surface area contributed by atoms with Gasteiger partial charge >= 0.3 is 0 Å². The van der Waals surface area contributed by atoms with Gasteiger partial charge in [0.05, 0.1) is 6.10 Å². The number of aliphatic hydroxyl groups is 1. The molecule has 0 unspecified atom stereocenters. The molecule has 2 aromatic rings. The maximum atomic E-state index is 10.3. The van der Waals surface area contributed by atoms with E-state index in [4.69, 9.17) is 0 Å². The van der Waals surface area contributed by atoms with E-state index < -0.39 is 0 Å². The summed E-state index contributed by atoms with van der Waals surface area (Å²) in [6.07, 6.45) is 11.8. The van der Waals surface area contributed by atoms with Crippen LogP contribution in [0, 0.1) is 34.5 Å². The van der Waals surface area contributed by atoms with Crippen LogP contribution in [0.3, 0.4) is 0 Å². The highest BCUT2D eigenvalue weighted by Crippen LogP contribution is 2.69. The number of hydrogen-bond donors (Lipinski definition) is 1. The van der Waals surface area contributed by atoms with Gasteiger partial charge in [-0.2, -0.15) is 0 Å². The normalized spacial score (nSPS) is 45.6. The average Bonchev–Trinajstić information content (AvgIpc) is 3.11. The molecule has 1 N–H and O–H groups in total. The SMILES string of the molecule is C[C@]12CC[C@H](O)C[C@@H]1CC[C@@H]1[C@@H]2CC[C@]2(C)[C@@H](c3ccc4ccccc4c3)CC[C@@H]12. The van der Waals surface area contributed by atoms with Crippen LogP contribution >= 0.6 is 0 Å². The molecule has 30 heavy (non-hydrogen) atoms. The van der Waals surface area contributed by atoms with Crippen LogP contribution in [-0.4, -0.2) is 11.2 Å². The molecule has 8 atom stereocenters. The minimum atomic E-state index is -0.0303. The third-order valence-electron chi connectivity index (χ3n) is 10.8. The molecule has 0 aromatic heterocycles. The fourth-order valence-corrected chi connectivity index (χ4v) is 9.21. The van der Waals surface area contributed by atoms with E-state index in [0.717, 1.165) is 42.4 Å². The molecule has 0 aliphatic heterocycles. The Morgan fingerprint density at radius 3 is 2.40 bits per heavy atom. The average molecular weight is 403 g/mol. The fraction of sp³-hybridized carbons (Fsp3) is 0.655. The van der Waals surface area contributed by atoms with E-state index in [-0.39, 0.29) is 6.10 Å². The monoisotopic (exact) mass is 402 g/mol. The van der Waals surface area contributed by atoms with Crippen molar-refractivity contribution in [3.8, 4) is 0 Å². The molecule has 0 spiro atoms. The van der Waals surface area contributed by atoms with Crippen molar-refractivity contribution >= 4 is 10.8 Å². The lowest BCUT2D eigenvalue weighted by Gasteiger charge is -2.61. The van der Waals surface area contributed by atoms with Gasteiger partial charge in [0.15, 0.2) is 0 Å². The summed E-state index contributed by atoms with van der Waals surface area (Å²) in [5.74, 6) is 4.22. The highest BCUT2D eigenvalue weighted by Gasteiger charge is 2.60. The van der Waals surface area contributed by atoms with Crippen LogP contribution in [0.2, 0.25) is 0 Å². The zero-order valence-electron chi connectivity index (χ0n) is 18.8. The fourth-order valence-electron chi connectivity index (χ4n) is 9.21. The molecule has 0 bridgehead atoms. The molecule has 0 amide bonds. The van der Waals surface area contributed by atoms with Gasteiger partial charge in [-0.3, -0.25) is 0 Å². The summed E-state index contributed by atoms with van der Waals surface area (Å²) in [5.41, 5.74) is 2.56. The topological polar surface area (TPSA) is 20.2 Å². The summed E-state index contributed by atoms with van der Waals surface area (Å²) in [6.45, 7) is 5.26. The molecule has 4 aliphatic rings. The van der Waals surface area contributed by atoms with Crippen LogP contribution < -0.4 is 0 Å². The van der Waals surface area contributed by atoms with E-state index in [2.05, 4.69) is 56.3 Å². The van der Waals surface area contributed by atoms with Crippen LogP contribution in [-0.2, 0) is 0 Å². The van der Waals surface area contributed by atoms with Crippen molar-refractivity contribution in [2.45, 2.75) is 83.7 Å². The smallest absolute Gasteiger partial charge is 0.0543 e. The summed E-state index contributed by atoms with van der Waals surface area (Å²) in [5, 5.41) is 13.1. The summed E-state index contributed by atoms with van der Waals surface area (Å²) >= 11 is 0. The van der Waals surface area contributed by atoms with Crippen molar-refractivity contribution in [1.29, 1.82) is 0 Å². The van der Waals surface area contributed by atoms with E-state index in [1.165, 1.54) is 55.7 Å². The number of fused-ring (bicyclic) bond motifs is 6. The van der Waals surface area contributed by atoms with E-state index in [1.54, 1.807) is 5.56 Å². The molecule has 160 valence electrons. The van der Waals surface area contributed by atoms with E-state index >= 15 is 0 Å². The Labute approximate surface area is 182 Å². The van der Waals surface area contributed by atoms with Crippen molar-refractivity contribution in [2.75, 3.05) is 0 Å². The quantitative estimate of drug-likeness (QED) is 0.529. The zero-order chi connectivity index (χ0) is 20.5. The van der Waals surface area contributed by atoms with Crippen LogP contribution in [0.25, 0.3) is 10.8 Å². The maximum absolute atomic E-state index is 10.3. The van der Waals surface area contributed by atoms with Gasteiger partial charge in [-0.15, -0.1) is 0 Å². The van der Waals surface area contributed by atoms with Crippen molar-refractivity contribution < 1.29 is 5.11 Å². The van der Waals surface area contributed by atoms with Crippen molar-refractivity contribution in [3.05, 3.63) is 48.0 Å². The van der Waals surface area contributed by atoms with Crippen LogP contribution in [0.5, 0.6) is 0 Å². The minimum absolute atomic E-state index is 0.0303. The van der Waals surface area contributed by atoms with Gasteiger partial charge in [-0.25, -0.2) is 0 Å². The Kier molecular flexibility index (Phi) is 4.40. The first-order valence-corrected chi connectivity index (χ1v) is 12.7. The lowest BCUT2D eigenvalue weighted by molar-refractivity contribution is -0.122. The van der Waals surface area contributed by atoms with Gasteiger partial charge in [0.25, 0.3) is 0 Å². The van der Waals surface area contributed by atoms with Crippen LogP contribution in [0.4, 0.5) is 0 Å². The zero-order valence-corrected chi connectivity index (χ0v) is 18.8. The second kappa shape index (κ2) is 6.83. The second-order valence-corrected chi connectivity index (χ2v) is 11.9. The second-order valence-electron chi connectivity index (χ2n) is 11.9. The summed E-state index contributed by atoms with van der Waals surface area (Å²) in [4.78, 5) is 0. The van der Waals surface area contributed by atoms with E-state index in [0.29, 0.717) is 10.8 Å². The standard InChI is InChI=1S/C29H38O/c1-28-15-13-23(30)18-22(28)9-10-24-26-12-11-25(29(26,2)16-14-27(24)28)21-8-7-19-5-3-4-6-20(19)17-21/h3-8,17,22-27,30H,9-16,18H2,1-2H3/t22-,23-,24-,25+,26-,27-,28-,29+/m0/s1. The molecule has 4 aliphatic carbocycles. The van der Waals surface area contributed by atoms with Crippen LogP contribution in [0.15, 0.2) is 42.5 Å². The first-order valence-electron chi connectivity index (χ1n) is 12.7. The summed E-state index contributed by atoms with van der Waals surface area (Å²) in [7, 11) is 0. The molecule has 2 aromatic carbocycles. The molecule has 0 radical (unpaired) electrons. The lowest BCUT2D eigenvalue weighted by atomic mass is 9.44. The van der Waals surface area contributed by atoms with Crippen molar-refractivity contribution in [1.82, 2.24) is 0 Å². The van der Waals surface area contributed by atoms with E-state index in [9.17, 15) is 5.11 Å². The molecule has 0 heterocycles. The van der Waals surface area contributed by atoms with Gasteiger partial charge in [0.1, 0.15) is 0 Å². The number of rotatable bonds is 1. The third-order valence-corrected chi connectivity index (χ3v) is 10.8. The van der Waals surface area contributed by atoms with Gasteiger partial charge in [0, 0.05) is 0 Å². The Bertz CT molecular complexity index is 948. The molecule has 0 saturated heterocycles. The Morgan fingerprint density at radius 1 is 0.767 bits per heavy atom. The Hall–Kier alpha value is -1.34. The van der Waals surface area contributed by atoms with Crippen LogP contribution in [0.1, 0.15) is 83.1 Å². The predicted molar refractivity (Wildman–Crippen MR) is 124 cm³/mol. The maximum Gasteiger partial charge on any atom is 0.0543 e. The Balaban J connectivity index is 1.31. The van der Waals surface area contributed by atoms with E-state index in [1.807, 2.05) is 0 Å². The highest BCUT2D eigenvalue weighted by molar-refractivity contribution is 5.83. The van der Waals surface area contributed by atoms with Gasteiger partial charge < -0.3 is 5.11 Å². The lowest BCUT2D eigenvalue weighted by Crippen LogP contribution is -2.53. The molecule has 1 nitrogen and oxygen atoms in total. The first kappa shape index (κ1) is 19.4. The molecule has 1 heteroatoms. The highest BCUT2D eigenvalue weighted by atomic mass is 16.3. The molecule has 4 fully saturated rings. The molecular weight excluding hydrogens is 364 g/mol. The third kappa shape index (κ3) is 2.70. The summed E-state index contributed by atoms with van der Waals surface area (Å²) < 4.78 is 0.